The largest absolute Gasteiger partial charge is 0.352 e. The van der Waals surface area contributed by atoms with Gasteiger partial charge < -0.3 is 16.0 Å². The lowest BCUT2D eigenvalue weighted by atomic mass is 9.53. The predicted octanol–water partition coefficient (Wildman–Crippen LogP) is 3.56. The van der Waals surface area contributed by atoms with Crippen molar-refractivity contribution in [3.8, 4) is 0 Å². The summed E-state index contributed by atoms with van der Waals surface area (Å²) >= 11 is 0. The summed E-state index contributed by atoms with van der Waals surface area (Å²) in [6.45, 7) is 4.32. The highest BCUT2D eigenvalue weighted by Crippen LogP contribution is 2.55. The minimum Gasteiger partial charge on any atom is -0.352 e. The van der Waals surface area contributed by atoms with Crippen molar-refractivity contribution >= 4 is 11.9 Å². The maximum absolute atomic E-state index is 12.5. The van der Waals surface area contributed by atoms with Gasteiger partial charge in [0.05, 0.1) is 0 Å². The Kier molecular flexibility index (Phi) is 6.40. The quantitative estimate of drug-likeness (QED) is 0.581. The van der Waals surface area contributed by atoms with Crippen molar-refractivity contribution in [3.05, 3.63) is 35.4 Å². The van der Waals surface area contributed by atoms with Gasteiger partial charge >= 0.3 is 6.03 Å². The van der Waals surface area contributed by atoms with Gasteiger partial charge in [0, 0.05) is 31.6 Å². The summed E-state index contributed by atoms with van der Waals surface area (Å²) in [7, 11) is 0. The van der Waals surface area contributed by atoms with Gasteiger partial charge in [0.1, 0.15) is 0 Å². The van der Waals surface area contributed by atoms with Gasteiger partial charge in [-0.05, 0) is 93.3 Å². The molecule has 1 aromatic rings. The van der Waals surface area contributed by atoms with E-state index in [4.69, 9.17) is 0 Å². The molecule has 1 heterocycles. The highest BCUT2D eigenvalue weighted by molar-refractivity contribution is 5.78. The molecule has 0 radical (unpaired) electrons. The molecule has 1 aliphatic heterocycles. The maximum atomic E-state index is 12.5. The number of urea groups is 1. The van der Waals surface area contributed by atoms with Crippen LogP contribution >= 0.6 is 0 Å². The molecule has 6 rings (SSSR count). The summed E-state index contributed by atoms with van der Waals surface area (Å²) in [5.41, 5.74) is 2.45. The fourth-order valence-corrected chi connectivity index (χ4v) is 7.09. The SMILES string of the molecule is O=C(CCNC(=O)NC12CC3CC(CC(C3)C1)C2)NCc1ccc(CN2CCCC2)cc1. The van der Waals surface area contributed by atoms with E-state index in [1.54, 1.807) is 0 Å². The standard InChI is InChI=1S/C26H38N4O2/c31-24(28-17-19-3-5-20(6-4-19)18-30-9-1-2-10-30)7-8-27-25(32)29-26-14-21-11-22(15-26)13-23(12-21)16-26/h3-6,21-23H,1-2,7-18H2,(H,28,31)(H2,27,29,32). The monoisotopic (exact) mass is 438 g/mol. The van der Waals surface area contributed by atoms with Gasteiger partial charge in [0.15, 0.2) is 0 Å². The number of likely N-dealkylation sites (tertiary alicyclic amines) is 1. The van der Waals surface area contributed by atoms with Gasteiger partial charge in [-0.25, -0.2) is 4.79 Å². The van der Waals surface area contributed by atoms with E-state index in [0.29, 0.717) is 19.5 Å². The smallest absolute Gasteiger partial charge is 0.315 e. The molecule has 6 heteroatoms. The lowest BCUT2D eigenvalue weighted by Crippen LogP contribution is -2.61. The summed E-state index contributed by atoms with van der Waals surface area (Å²) in [4.78, 5) is 27.2. The molecule has 4 aliphatic carbocycles. The van der Waals surface area contributed by atoms with Crippen molar-refractivity contribution in [1.29, 1.82) is 0 Å². The molecule has 0 spiro atoms. The van der Waals surface area contributed by atoms with E-state index >= 15 is 0 Å². The number of amides is 3. The molecule has 6 nitrogen and oxygen atoms in total. The van der Waals surface area contributed by atoms with Gasteiger partial charge in [-0.2, -0.15) is 0 Å². The third-order valence-electron chi connectivity index (χ3n) is 8.17. The molecule has 0 atom stereocenters. The molecule has 5 aliphatic rings. The first kappa shape index (κ1) is 21.7. The molecule has 3 amide bonds. The van der Waals surface area contributed by atoms with Crippen molar-refractivity contribution in [2.75, 3.05) is 19.6 Å². The number of carbonyl (C=O) groups is 2. The number of nitrogens with zero attached hydrogens (tertiary/aromatic N) is 1. The van der Waals surface area contributed by atoms with Crippen LogP contribution in [-0.2, 0) is 17.9 Å². The molecule has 0 unspecified atom stereocenters. The highest BCUT2D eigenvalue weighted by atomic mass is 16.2. The Morgan fingerprint density at radius 2 is 1.47 bits per heavy atom. The molecule has 1 aromatic carbocycles. The molecular weight excluding hydrogens is 400 g/mol. The minimum absolute atomic E-state index is 0.0159. The van der Waals surface area contributed by atoms with E-state index in [2.05, 4.69) is 45.1 Å². The average molecular weight is 439 g/mol. The molecule has 1 saturated heterocycles. The zero-order valence-electron chi connectivity index (χ0n) is 19.2. The van der Waals surface area contributed by atoms with Crippen molar-refractivity contribution in [2.24, 2.45) is 17.8 Å². The Balaban J connectivity index is 0.989. The third kappa shape index (κ3) is 5.28. The van der Waals surface area contributed by atoms with Gasteiger partial charge in [-0.1, -0.05) is 24.3 Å². The van der Waals surface area contributed by atoms with Gasteiger partial charge in [-0.15, -0.1) is 0 Å². The van der Waals surface area contributed by atoms with Crippen LogP contribution in [-0.4, -0.2) is 42.0 Å². The Morgan fingerprint density at radius 1 is 0.875 bits per heavy atom. The number of rotatable bonds is 8. The lowest BCUT2D eigenvalue weighted by Gasteiger charge is -2.56. The number of hydrogen-bond donors (Lipinski definition) is 3. The fraction of sp³-hybridized carbons (Fsp3) is 0.692. The molecule has 3 N–H and O–H groups in total. The Morgan fingerprint density at radius 3 is 2.09 bits per heavy atom. The second kappa shape index (κ2) is 9.42. The van der Waals surface area contributed by atoms with Crippen LogP contribution in [0.25, 0.3) is 0 Å². The van der Waals surface area contributed by atoms with Crippen LogP contribution in [0.1, 0.15) is 68.9 Å². The van der Waals surface area contributed by atoms with E-state index in [1.165, 1.54) is 50.8 Å². The van der Waals surface area contributed by atoms with Crippen LogP contribution < -0.4 is 16.0 Å². The van der Waals surface area contributed by atoms with E-state index in [9.17, 15) is 9.59 Å². The van der Waals surface area contributed by atoms with Crippen LogP contribution in [0.2, 0.25) is 0 Å². The van der Waals surface area contributed by atoms with Gasteiger partial charge in [0.2, 0.25) is 5.91 Å². The van der Waals surface area contributed by atoms with E-state index in [-0.39, 0.29) is 17.5 Å². The van der Waals surface area contributed by atoms with E-state index in [0.717, 1.165) is 49.1 Å². The minimum atomic E-state index is -0.103. The second-order valence-electron chi connectivity index (χ2n) is 10.9. The molecule has 5 fully saturated rings. The summed E-state index contributed by atoms with van der Waals surface area (Å²) in [6, 6.07) is 8.42. The molecular formula is C26H38N4O2. The van der Waals surface area contributed by atoms with Gasteiger partial charge in [0.25, 0.3) is 0 Å². The first-order valence-electron chi connectivity index (χ1n) is 12.7. The van der Waals surface area contributed by atoms with Crippen LogP contribution in [0.4, 0.5) is 4.79 Å². The maximum Gasteiger partial charge on any atom is 0.315 e. The normalized spacial score (nSPS) is 30.9. The number of nitrogens with one attached hydrogen (secondary N) is 3. The van der Waals surface area contributed by atoms with Crippen LogP contribution in [0.5, 0.6) is 0 Å². The summed E-state index contributed by atoms with van der Waals surface area (Å²) in [6.07, 6.45) is 10.4. The fourth-order valence-electron chi connectivity index (χ4n) is 7.09. The topological polar surface area (TPSA) is 73.5 Å². The first-order valence-corrected chi connectivity index (χ1v) is 12.7. The average Bonchev–Trinajstić information content (AvgIpc) is 3.25. The van der Waals surface area contributed by atoms with Crippen molar-refractivity contribution in [3.63, 3.8) is 0 Å². The summed E-state index contributed by atoms with van der Waals surface area (Å²) < 4.78 is 0. The van der Waals surface area contributed by atoms with Crippen LogP contribution in [0.3, 0.4) is 0 Å². The van der Waals surface area contributed by atoms with Crippen LogP contribution in [0, 0.1) is 17.8 Å². The second-order valence-corrected chi connectivity index (χ2v) is 10.9. The summed E-state index contributed by atoms with van der Waals surface area (Å²) in [5, 5.41) is 9.19. The van der Waals surface area contributed by atoms with Crippen molar-refractivity contribution in [1.82, 2.24) is 20.9 Å². The summed E-state index contributed by atoms with van der Waals surface area (Å²) in [5.74, 6) is 2.39. The van der Waals surface area contributed by atoms with E-state index in [1.807, 2.05) is 0 Å². The third-order valence-corrected chi connectivity index (χ3v) is 8.17. The highest BCUT2D eigenvalue weighted by Gasteiger charge is 2.51. The van der Waals surface area contributed by atoms with Crippen molar-refractivity contribution < 1.29 is 9.59 Å². The molecule has 0 aromatic heterocycles. The number of carbonyl (C=O) groups excluding carboxylic acids is 2. The molecule has 32 heavy (non-hydrogen) atoms. The molecule has 4 saturated carbocycles. The van der Waals surface area contributed by atoms with Gasteiger partial charge in [-0.3, -0.25) is 9.69 Å². The van der Waals surface area contributed by atoms with Crippen molar-refractivity contribution in [2.45, 2.75) is 76.4 Å². The lowest BCUT2D eigenvalue weighted by molar-refractivity contribution is -0.121. The van der Waals surface area contributed by atoms with Crippen LogP contribution in [0.15, 0.2) is 24.3 Å². The number of hydrogen-bond acceptors (Lipinski definition) is 3. The Labute approximate surface area is 191 Å². The molecule has 174 valence electrons. The zero-order valence-corrected chi connectivity index (χ0v) is 19.2. The first-order chi connectivity index (χ1) is 15.6. The number of benzene rings is 1. The Bertz CT molecular complexity index is 780. The van der Waals surface area contributed by atoms with E-state index < -0.39 is 0 Å². The predicted molar refractivity (Wildman–Crippen MR) is 125 cm³/mol. The Hall–Kier alpha value is -2.08. The zero-order chi connectivity index (χ0) is 22.0. The molecule has 4 bridgehead atoms.